The van der Waals surface area contributed by atoms with Crippen LogP contribution in [0.3, 0.4) is 0 Å². The summed E-state index contributed by atoms with van der Waals surface area (Å²) in [5, 5.41) is 1.81. The van der Waals surface area contributed by atoms with E-state index >= 15 is 0 Å². The van der Waals surface area contributed by atoms with Gasteiger partial charge in [-0.25, -0.2) is 13.1 Å². The molecule has 1 aromatic heterocycles. The molecule has 0 aliphatic heterocycles. The second-order valence-corrected chi connectivity index (χ2v) is 7.22. The zero-order valence-corrected chi connectivity index (χ0v) is 13.6. The Morgan fingerprint density at radius 2 is 2.14 bits per heavy atom. The summed E-state index contributed by atoms with van der Waals surface area (Å²) in [7, 11) is -1.99. The summed E-state index contributed by atoms with van der Waals surface area (Å²) in [4.78, 5) is 0.975. The second kappa shape index (κ2) is 6.57. The van der Waals surface area contributed by atoms with E-state index in [0.29, 0.717) is 15.5 Å². The highest BCUT2D eigenvalue weighted by Crippen LogP contribution is 2.26. The number of rotatable bonds is 6. The maximum Gasteiger partial charge on any atom is 0.242 e. The number of methoxy groups -OCH3 is 1. The number of thiophene rings is 1. The molecule has 0 saturated carbocycles. The number of aryl methyl sites for hydroxylation is 1. The predicted octanol–water partition coefficient (Wildman–Crippen LogP) is 2.00. The Labute approximate surface area is 128 Å². The molecular formula is C14H18N2O3S2. The average molecular weight is 326 g/mol. The summed E-state index contributed by atoms with van der Waals surface area (Å²) in [5.41, 5.74) is 7.16. The number of ether oxygens (including phenoxy) is 1. The first kappa shape index (κ1) is 16.0. The fraction of sp³-hybridized carbons (Fsp3) is 0.286. The Bertz CT molecular complexity index is 724. The smallest absolute Gasteiger partial charge is 0.242 e. The van der Waals surface area contributed by atoms with Crippen molar-refractivity contribution in [3.05, 3.63) is 45.6 Å². The lowest BCUT2D eigenvalue weighted by Crippen LogP contribution is -2.24. The number of sulfonamides is 1. The highest BCUT2D eigenvalue weighted by atomic mass is 32.2. The molecule has 0 aliphatic rings. The second-order valence-electron chi connectivity index (χ2n) is 4.55. The Morgan fingerprint density at radius 1 is 1.38 bits per heavy atom. The van der Waals surface area contributed by atoms with Gasteiger partial charge in [-0.1, -0.05) is 12.1 Å². The molecule has 0 spiro atoms. The minimum Gasteiger partial charge on any atom is -0.497 e. The normalized spacial score (nSPS) is 11.6. The van der Waals surface area contributed by atoms with Crippen LogP contribution in [0.25, 0.3) is 0 Å². The van der Waals surface area contributed by atoms with Gasteiger partial charge in [0.25, 0.3) is 0 Å². The first-order chi connectivity index (χ1) is 9.97. The van der Waals surface area contributed by atoms with E-state index in [2.05, 4.69) is 4.72 Å². The average Bonchev–Trinajstić information content (AvgIpc) is 2.87. The summed E-state index contributed by atoms with van der Waals surface area (Å²) >= 11 is 1.37. The van der Waals surface area contributed by atoms with Crippen molar-refractivity contribution in [1.82, 2.24) is 4.72 Å². The van der Waals surface area contributed by atoms with E-state index in [-0.39, 0.29) is 13.1 Å². The summed E-state index contributed by atoms with van der Waals surface area (Å²) in [6, 6.07) is 7.28. The van der Waals surface area contributed by atoms with E-state index in [9.17, 15) is 8.42 Å². The van der Waals surface area contributed by atoms with Crippen molar-refractivity contribution in [1.29, 1.82) is 0 Å². The van der Waals surface area contributed by atoms with Crippen molar-refractivity contribution < 1.29 is 13.2 Å². The van der Waals surface area contributed by atoms with Crippen LogP contribution in [-0.4, -0.2) is 15.5 Å². The third-order valence-corrected chi connectivity index (χ3v) is 5.93. The van der Waals surface area contributed by atoms with Crippen LogP contribution in [0.5, 0.6) is 5.75 Å². The molecule has 114 valence electrons. The molecule has 0 unspecified atom stereocenters. The van der Waals surface area contributed by atoms with Crippen LogP contribution < -0.4 is 15.2 Å². The van der Waals surface area contributed by atoms with Gasteiger partial charge in [0.2, 0.25) is 10.0 Å². The number of nitrogens with two attached hydrogens (primary N) is 1. The highest BCUT2D eigenvalue weighted by Gasteiger charge is 2.22. The van der Waals surface area contributed by atoms with Crippen LogP contribution in [0.2, 0.25) is 0 Å². The molecule has 3 N–H and O–H groups in total. The molecule has 0 aliphatic carbocycles. The molecule has 1 heterocycles. The van der Waals surface area contributed by atoms with Gasteiger partial charge in [0.05, 0.1) is 7.11 Å². The van der Waals surface area contributed by atoms with Crippen molar-refractivity contribution in [3.63, 3.8) is 0 Å². The number of hydrogen-bond acceptors (Lipinski definition) is 5. The van der Waals surface area contributed by atoms with Crippen LogP contribution in [0, 0.1) is 6.92 Å². The maximum atomic E-state index is 12.4. The molecule has 21 heavy (non-hydrogen) atoms. The van der Waals surface area contributed by atoms with Gasteiger partial charge >= 0.3 is 0 Å². The van der Waals surface area contributed by atoms with Gasteiger partial charge in [-0.2, -0.15) is 0 Å². The molecule has 0 saturated heterocycles. The highest BCUT2D eigenvalue weighted by molar-refractivity contribution is 7.89. The molecule has 7 heteroatoms. The zero-order chi connectivity index (χ0) is 15.5. The topological polar surface area (TPSA) is 81.4 Å². The van der Waals surface area contributed by atoms with Crippen LogP contribution in [0.4, 0.5) is 0 Å². The van der Waals surface area contributed by atoms with Gasteiger partial charge in [0.15, 0.2) is 0 Å². The Kier molecular flexibility index (Phi) is 5.00. The summed E-state index contributed by atoms with van der Waals surface area (Å²) in [5.74, 6) is 0.695. The number of nitrogens with one attached hydrogen (secondary N) is 1. The van der Waals surface area contributed by atoms with E-state index < -0.39 is 10.0 Å². The van der Waals surface area contributed by atoms with E-state index in [1.807, 2.05) is 23.6 Å². The molecule has 0 bridgehead atoms. The summed E-state index contributed by atoms with van der Waals surface area (Å²) in [6.07, 6.45) is 0. The van der Waals surface area contributed by atoms with Gasteiger partial charge in [-0.05, 0) is 35.6 Å². The third-order valence-electron chi connectivity index (χ3n) is 3.04. The van der Waals surface area contributed by atoms with Crippen molar-refractivity contribution in [2.45, 2.75) is 24.9 Å². The van der Waals surface area contributed by atoms with Crippen LogP contribution in [-0.2, 0) is 23.1 Å². The summed E-state index contributed by atoms with van der Waals surface area (Å²) in [6.45, 7) is 2.20. The third kappa shape index (κ3) is 3.62. The van der Waals surface area contributed by atoms with E-state index in [1.54, 1.807) is 20.1 Å². The standard InChI is InChI=1S/C14H18N2O3S2/c1-10-9-20-13(7-15)14(10)21(17,18)16-8-11-4-3-5-12(6-11)19-2/h3-6,9,16H,7-8,15H2,1-2H3. The molecule has 0 atom stereocenters. The lowest BCUT2D eigenvalue weighted by atomic mass is 10.2. The first-order valence-corrected chi connectivity index (χ1v) is 8.74. The van der Waals surface area contributed by atoms with E-state index in [4.69, 9.17) is 10.5 Å². The van der Waals surface area contributed by atoms with Crippen molar-refractivity contribution in [2.75, 3.05) is 7.11 Å². The Morgan fingerprint density at radius 3 is 2.81 bits per heavy atom. The van der Waals surface area contributed by atoms with Crippen molar-refractivity contribution >= 4 is 21.4 Å². The van der Waals surface area contributed by atoms with Crippen LogP contribution >= 0.6 is 11.3 Å². The van der Waals surface area contributed by atoms with Gasteiger partial charge in [-0.3, -0.25) is 0 Å². The number of benzene rings is 1. The Balaban J connectivity index is 2.19. The lowest BCUT2D eigenvalue weighted by molar-refractivity contribution is 0.414. The molecule has 1 aromatic carbocycles. The zero-order valence-electron chi connectivity index (χ0n) is 11.9. The molecule has 0 radical (unpaired) electrons. The molecule has 2 rings (SSSR count). The van der Waals surface area contributed by atoms with Crippen LogP contribution in [0.15, 0.2) is 34.5 Å². The number of hydrogen-bond donors (Lipinski definition) is 2. The van der Waals surface area contributed by atoms with Crippen molar-refractivity contribution in [2.24, 2.45) is 5.73 Å². The quantitative estimate of drug-likeness (QED) is 0.851. The molecule has 0 amide bonds. The molecule has 2 aromatic rings. The minimum atomic E-state index is -3.57. The van der Waals surface area contributed by atoms with Crippen molar-refractivity contribution in [3.8, 4) is 5.75 Å². The maximum absolute atomic E-state index is 12.4. The molecule has 0 fully saturated rings. The van der Waals surface area contributed by atoms with Gasteiger partial charge in [0.1, 0.15) is 10.6 Å². The molecule has 5 nitrogen and oxygen atoms in total. The Hall–Kier alpha value is -1.41. The minimum absolute atomic E-state index is 0.207. The largest absolute Gasteiger partial charge is 0.497 e. The predicted molar refractivity (Wildman–Crippen MR) is 84.0 cm³/mol. The first-order valence-electron chi connectivity index (χ1n) is 6.37. The summed E-state index contributed by atoms with van der Waals surface area (Å²) < 4.78 is 32.6. The molecular weight excluding hydrogens is 308 g/mol. The monoisotopic (exact) mass is 326 g/mol. The SMILES string of the molecule is COc1cccc(CNS(=O)(=O)c2c(C)csc2CN)c1. The fourth-order valence-corrected chi connectivity index (χ4v) is 4.74. The van der Waals surface area contributed by atoms with E-state index in [1.165, 1.54) is 11.3 Å². The van der Waals surface area contributed by atoms with E-state index in [0.717, 1.165) is 11.1 Å². The van der Waals surface area contributed by atoms with Crippen LogP contribution in [0.1, 0.15) is 16.0 Å². The van der Waals surface area contributed by atoms with Gasteiger partial charge in [-0.15, -0.1) is 11.3 Å². The fourth-order valence-electron chi connectivity index (χ4n) is 2.02. The van der Waals surface area contributed by atoms with Gasteiger partial charge in [0, 0.05) is 18.0 Å². The van der Waals surface area contributed by atoms with Gasteiger partial charge < -0.3 is 10.5 Å². The lowest BCUT2D eigenvalue weighted by Gasteiger charge is -2.09.